The van der Waals surface area contributed by atoms with Gasteiger partial charge in [0.05, 0.1) is 11.7 Å². The van der Waals surface area contributed by atoms with E-state index in [9.17, 15) is 4.39 Å². The van der Waals surface area contributed by atoms with E-state index in [0.717, 1.165) is 17.6 Å². The van der Waals surface area contributed by atoms with Gasteiger partial charge >= 0.3 is 0 Å². The van der Waals surface area contributed by atoms with Crippen LogP contribution in [0.4, 0.5) is 10.1 Å². The molecule has 0 fully saturated rings. The third kappa shape index (κ3) is 4.35. The molecule has 0 bridgehead atoms. The summed E-state index contributed by atoms with van der Waals surface area (Å²) in [7, 11) is 0. The van der Waals surface area contributed by atoms with Crippen molar-refractivity contribution in [1.82, 2.24) is 0 Å². The predicted molar refractivity (Wildman–Crippen MR) is 84.6 cm³/mol. The SMILES string of the molecule is C=CC=C(C=CC(C)CC)C(N)c1ccc(F)c(N)c1. The van der Waals surface area contributed by atoms with Crippen molar-refractivity contribution in [2.24, 2.45) is 11.7 Å². The van der Waals surface area contributed by atoms with Crippen LogP contribution < -0.4 is 11.5 Å². The average Bonchev–Trinajstić information content (AvgIpc) is 2.45. The Morgan fingerprint density at radius 3 is 2.70 bits per heavy atom. The second-order valence-electron chi connectivity index (χ2n) is 4.91. The van der Waals surface area contributed by atoms with E-state index in [-0.39, 0.29) is 11.7 Å². The zero-order chi connectivity index (χ0) is 15.1. The zero-order valence-electron chi connectivity index (χ0n) is 12.1. The Labute approximate surface area is 120 Å². The van der Waals surface area contributed by atoms with E-state index in [1.807, 2.05) is 12.2 Å². The van der Waals surface area contributed by atoms with E-state index in [0.29, 0.717) is 5.92 Å². The first-order chi connectivity index (χ1) is 9.49. The number of allylic oxidation sites excluding steroid dienone is 3. The summed E-state index contributed by atoms with van der Waals surface area (Å²) in [6.45, 7) is 7.98. The smallest absolute Gasteiger partial charge is 0.146 e. The Balaban J connectivity index is 3.02. The Bertz CT molecular complexity index is 518. The molecular formula is C17H23FN2. The Morgan fingerprint density at radius 2 is 2.15 bits per heavy atom. The van der Waals surface area contributed by atoms with Gasteiger partial charge in [-0.25, -0.2) is 4.39 Å². The van der Waals surface area contributed by atoms with Gasteiger partial charge in [-0.2, -0.15) is 0 Å². The molecule has 0 aliphatic rings. The van der Waals surface area contributed by atoms with Gasteiger partial charge in [-0.1, -0.05) is 57.2 Å². The standard InChI is InChI=1S/C17H23FN2/c1-4-6-13(8-7-12(3)5-2)17(20)14-9-10-15(18)16(19)11-14/h4,6-12,17H,1,5,19-20H2,2-3H3. The molecule has 3 heteroatoms. The summed E-state index contributed by atoms with van der Waals surface area (Å²) in [6.07, 6.45) is 8.74. The monoisotopic (exact) mass is 274 g/mol. The predicted octanol–water partition coefficient (Wildman–Crippen LogP) is 4.12. The van der Waals surface area contributed by atoms with E-state index in [1.165, 1.54) is 6.07 Å². The van der Waals surface area contributed by atoms with Crippen LogP contribution in [0.1, 0.15) is 31.9 Å². The van der Waals surface area contributed by atoms with Crippen molar-refractivity contribution in [3.8, 4) is 0 Å². The van der Waals surface area contributed by atoms with Crippen LogP contribution in [0.2, 0.25) is 0 Å². The summed E-state index contributed by atoms with van der Waals surface area (Å²) in [4.78, 5) is 0. The molecular weight excluding hydrogens is 251 g/mol. The van der Waals surface area contributed by atoms with Crippen molar-refractivity contribution in [3.05, 3.63) is 66.0 Å². The first-order valence-corrected chi connectivity index (χ1v) is 6.80. The van der Waals surface area contributed by atoms with Crippen molar-refractivity contribution in [2.45, 2.75) is 26.3 Å². The van der Waals surface area contributed by atoms with Crippen molar-refractivity contribution in [1.29, 1.82) is 0 Å². The quantitative estimate of drug-likeness (QED) is 0.605. The number of hydrogen-bond acceptors (Lipinski definition) is 2. The van der Waals surface area contributed by atoms with Gasteiger partial charge in [0.25, 0.3) is 0 Å². The third-order valence-corrected chi connectivity index (χ3v) is 3.31. The van der Waals surface area contributed by atoms with E-state index in [1.54, 1.807) is 18.2 Å². The van der Waals surface area contributed by atoms with Crippen LogP contribution in [0.15, 0.2) is 54.7 Å². The summed E-state index contributed by atoms with van der Waals surface area (Å²) >= 11 is 0. The van der Waals surface area contributed by atoms with E-state index < -0.39 is 5.82 Å². The van der Waals surface area contributed by atoms with Crippen molar-refractivity contribution >= 4 is 5.69 Å². The minimum atomic E-state index is -0.426. The summed E-state index contributed by atoms with van der Waals surface area (Å²) in [5.41, 5.74) is 13.6. The second-order valence-corrected chi connectivity index (χ2v) is 4.91. The largest absolute Gasteiger partial charge is 0.396 e. The minimum absolute atomic E-state index is 0.113. The molecule has 1 aromatic carbocycles. The molecule has 1 rings (SSSR count). The molecule has 0 saturated heterocycles. The molecule has 0 spiro atoms. The van der Waals surface area contributed by atoms with Crippen LogP contribution in [0.5, 0.6) is 0 Å². The van der Waals surface area contributed by atoms with Gasteiger partial charge in [-0.05, 0) is 29.2 Å². The highest BCUT2D eigenvalue weighted by Gasteiger charge is 2.11. The van der Waals surface area contributed by atoms with Gasteiger partial charge in [0.15, 0.2) is 0 Å². The van der Waals surface area contributed by atoms with Gasteiger partial charge < -0.3 is 11.5 Å². The number of rotatable bonds is 6. The number of anilines is 1. The number of halogens is 1. The molecule has 1 aromatic rings. The van der Waals surface area contributed by atoms with Gasteiger partial charge in [0.1, 0.15) is 5.82 Å². The number of benzene rings is 1. The highest BCUT2D eigenvalue weighted by atomic mass is 19.1. The fourth-order valence-corrected chi connectivity index (χ4v) is 1.76. The lowest BCUT2D eigenvalue weighted by atomic mass is 9.96. The molecule has 0 aromatic heterocycles. The molecule has 0 aliphatic heterocycles. The van der Waals surface area contributed by atoms with Gasteiger partial charge in [0.2, 0.25) is 0 Å². The van der Waals surface area contributed by atoms with E-state index in [4.69, 9.17) is 11.5 Å². The molecule has 2 nitrogen and oxygen atoms in total. The van der Waals surface area contributed by atoms with Crippen LogP contribution in [-0.4, -0.2) is 0 Å². The van der Waals surface area contributed by atoms with Gasteiger partial charge in [-0.15, -0.1) is 0 Å². The minimum Gasteiger partial charge on any atom is -0.396 e. The summed E-state index contributed by atoms with van der Waals surface area (Å²) < 4.78 is 13.2. The van der Waals surface area contributed by atoms with Crippen molar-refractivity contribution < 1.29 is 4.39 Å². The maximum absolute atomic E-state index is 13.2. The fraction of sp³-hybridized carbons (Fsp3) is 0.294. The maximum atomic E-state index is 13.2. The zero-order valence-corrected chi connectivity index (χ0v) is 12.1. The van der Waals surface area contributed by atoms with E-state index >= 15 is 0 Å². The highest BCUT2D eigenvalue weighted by Crippen LogP contribution is 2.24. The van der Waals surface area contributed by atoms with Crippen LogP contribution in [-0.2, 0) is 0 Å². The molecule has 2 atom stereocenters. The average molecular weight is 274 g/mol. The Hall–Kier alpha value is -1.87. The highest BCUT2D eigenvalue weighted by molar-refractivity contribution is 5.46. The lowest BCUT2D eigenvalue weighted by molar-refractivity contribution is 0.631. The topological polar surface area (TPSA) is 52.0 Å². The van der Waals surface area contributed by atoms with Crippen LogP contribution in [0.3, 0.4) is 0 Å². The molecule has 108 valence electrons. The fourth-order valence-electron chi connectivity index (χ4n) is 1.76. The molecule has 0 amide bonds. The van der Waals surface area contributed by atoms with Crippen LogP contribution in [0, 0.1) is 11.7 Å². The summed E-state index contributed by atoms with van der Waals surface area (Å²) in [6, 6.07) is 4.23. The number of nitrogens with two attached hydrogens (primary N) is 2. The van der Waals surface area contributed by atoms with E-state index in [2.05, 4.69) is 26.5 Å². The normalized spacial score (nSPS) is 15.3. The van der Waals surface area contributed by atoms with Crippen LogP contribution in [0.25, 0.3) is 0 Å². The van der Waals surface area contributed by atoms with Crippen molar-refractivity contribution in [2.75, 3.05) is 5.73 Å². The van der Waals surface area contributed by atoms with Crippen molar-refractivity contribution in [3.63, 3.8) is 0 Å². The molecule has 0 aliphatic carbocycles. The van der Waals surface area contributed by atoms with Crippen LogP contribution >= 0.6 is 0 Å². The molecule has 0 radical (unpaired) electrons. The summed E-state index contributed by atoms with van der Waals surface area (Å²) in [5, 5.41) is 0. The number of nitrogen functional groups attached to an aromatic ring is 1. The Morgan fingerprint density at radius 1 is 1.45 bits per heavy atom. The first-order valence-electron chi connectivity index (χ1n) is 6.80. The lowest BCUT2D eigenvalue weighted by Crippen LogP contribution is -2.13. The lowest BCUT2D eigenvalue weighted by Gasteiger charge is -2.15. The first kappa shape index (κ1) is 16.2. The summed E-state index contributed by atoms with van der Waals surface area (Å²) in [5.74, 6) is 0.0547. The third-order valence-electron chi connectivity index (χ3n) is 3.31. The molecule has 2 unspecified atom stereocenters. The second kappa shape index (κ2) is 7.65. The molecule has 0 heterocycles. The molecule has 0 saturated carbocycles. The van der Waals surface area contributed by atoms with Gasteiger partial charge in [0, 0.05) is 0 Å². The maximum Gasteiger partial charge on any atom is 0.146 e. The Kier molecular flexibility index (Phi) is 6.19. The number of hydrogen-bond donors (Lipinski definition) is 2. The molecule has 20 heavy (non-hydrogen) atoms. The van der Waals surface area contributed by atoms with Gasteiger partial charge in [-0.3, -0.25) is 0 Å². The molecule has 4 N–H and O–H groups in total.